The Morgan fingerprint density at radius 3 is 2.43 bits per heavy atom. The number of hydrogen-bond acceptors (Lipinski definition) is 6. The molecule has 30 heavy (non-hydrogen) atoms. The highest BCUT2D eigenvalue weighted by Crippen LogP contribution is 2.35. The van der Waals surface area contributed by atoms with Crippen molar-refractivity contribution in [2.24, 2.45) is 10.2 Å². The number of nitrogens with zero attached hydrogens (tertiary/aromatic N) is 3. The quantitative estimate of drug-likeness (QED) is 0.585. The van der Waals surface area contributed by atoms with E-state index in [9.17, 15) is 10.2 Å². The highest BCUT2D eigenvalue weighted by atomic mass is 16.5. The summed E-state index contributed by atoms with van der Waals surface area (Å²) in [6.07, 6.45) is 7.42. The van der Waals surface area contributed by atoms with E-state index < -0.39 is 0 Å². The highest BCUT2D eigenvalue weighted by Gasteiger charge is 2.25. The van der Waals surface area contributed by atoms with Crippen LogP contribution in [-0.4, -0.2) is 53.8 Å². The number of phenols is 2. The summed E-state index contributed by atoms with van der Waals surface area (Å²) in [7, 11) is 0. The summed E-state index contributed by atoms with van der Waals surface area (Å²) < 4.78 is 5.53. The number of allylic oxidation sites excluding steroid dienone is 2. The number of hydrogen-bond donors (Lipinski definition) is 2. The SMILES string of the molecule is Oc1ccc(/C=N/N=C/C2=C(N3CCOCC3)C(=C/c3ccccc3)/CC2)c(O)c1. The van der Waals surface area contributed by atoms with Gasteiger partial charge in [-0.05, 0) is 47.8 Å². The molecule has 2 aliphatic rings. The average molecular weight is 403 g/mol. The molecule has 0 bridgehead atoms. The molecule has 0 atom stereocenters. The largest absolute Gasteiger partial charge is 0.508 e. The van der Waals surface area contributed by atoms with Crippen LogP contribution in [0.3, 0.4) is 0 Å². The van der Waals surface area contributed by atoms with Crippen LogP contribution in [0.25, 0.3) is 6.08 Å². The molecule has 0 spiro atoms. The molecule has 0 aromatic heterocycles. The Labute approximate surface area is 176 Å². The second-order valence-corrected chi connectivity index (χ2v) is 7.29. The van der Waals surface area contributed by atoms with E-state index in [2.05, 4.69) is 45.4 Å². The van der Waals surface area contributed by atoms with E-state index in [4.69, 9.17) is 4.74 Å². The van der Waals surface area contributed by atoms with Gasteiger partial charge in [0.25, 0.3) is 0 Å². The molecule has 6 nitrogen and oxygen atoms in total. The molecule has 1 aliphatic carbocycles. The molecular weight excluding hydrogens is 378 g/mol. The zero-order valence-electron chi connectivity index (χ0n) is 16.7. The molecule has 6 heteroatoms. The second-order valence-electron chi connectivity index (χ2n) is 7.29. The molecule has 2 aromatic carbocycles. The van der Waals surface area contributed by atoms with Crippen molar-refractivity contribution in [2.45, 2.75) is 12.8 Å². The van der Waals surface area contributed by atoms with Gasteiger partial charge in [0.05, 0.1) is 25.6 Å². The van der Waals surface area contributed by atoms with Gasteiger partial charge in [0.15, 0.2) is 0 Å². The molecule has 0 radical (unpaired) electrons. The van der Waals surface area contributed by atoms with E-state index in [1.54, 1.807) is 6.07 Å². The molecule has 2 aromatic rings. The summed E-state index contributed by atoms with van der Waals surface area (Å²) in [6.45, 7) is 3.18. The van der Waals surface area contributed by atoms with Gasteiger partial charge in [-0.15, -0.1) is 0 Å². The van der Waals surface area contributed by atoms with Gasteiger partial charge in [0.1, 0.15) is 11.5 Å². The summed E-state index contributed by atoms with van der Waals surface area (Å²) in [5, 5.41) is 27.5. The molecule has 1 heterocycles. The molecule has 1 fully saturated rings. The monoisotopic (exact) mass is 403 g/mol. The minimum Gasteiger partial charge on any atom is -0.508 e. The fourth-order valence-corrected chi connectivity index (χ4v) is 3.76. The van der Waals surface area contributed by atoms with E-state index in [1.165, 1.54) is 35.2 Å². The Morgan fingerprint density at radius 2 is 1.67 bits per heavy atom. The lowest BCUT2D eigenvalue weighted by atomic mass is 10.1. The predicted molar refractivity (Wildman–Crippen MR) is 119 cm³/mol. The number of ether oxygens (including phenoxy) is 1. The summed E-state index contributed by atoms with van der Waals surface area (Å²) >= 11 is 0. The third kappa shape index (κ3) is 4.78. The first-order valence-corrected chi connectivity index (χ1v) is 10.1. The van der Waals surface area contributed by atoms with Gasteiger partial charge in [-0.3, -0.25) is 0 Å². The molecule has 0 unspecified atom stereocenters. The standard InChI is InChI=1S/C24H25N3O3/c28-22-9-8-20(23(29)15-22)16-25-26-17-21-7-6-19(14-18-4-2-1-3-5-18)24(21)27-10-12-30-13-11-27/h1-5,8-9,14-17,28-29H,6-7,10-13H2/b19-14+,25-16+,26-17+. The number of rotatable bonds is 5. The van der Waals surface area contributed by atoms with Crippen molar-refractivity contribution in [2.75, 3.05) is 26.3 Å². The van der Waals surface area contributed by atoms with Crippen LogP contribution >= 0.6 is 0 Å². The lowest BCUT2D eigenvalue weighted by molar-refractivity contribution is 0.0548. The van der Waals surface area contributed by atoms with Crippen molar-refractivity contribution in [3.05, 3.63) is 76.5 Å². The molecular formula is C24H25N3O3. The molecule has 154 valence electrons. The summed E-state index contributed by atoms with van der Waals surface area (Å²) in [6, 6.07) is 14.7. The van der Waals surface area contributed by atoms with E-state index in [0.29, 0.717) is 5.56 Å². The van der Waals surface area contributed by atoms with Crippen LogP contribution in [0, 0.1) is 0 Å². The van der Waals surface area contributed by atoms with Crippen molar-refractivity contribution < 1.29 is 14.9 Å². The van der Waals surface area contributed by atoms with Crippen LogP contribution in [0.2, 0.25) is 0 Å². The van der Waals surface area contributed by atoms with Crippen LogP contribution in [0.5, 0.6) is 11.5 Å². The predicted octanol–water partition coefficient (Wildman–Crippen LogP) is 3.97. The summed E-state index contributed by atoms with van der Waals surface area (Å²) in [4.78, 5) is 2.38. The minimum atomic E-state index is -0.0314. The Morgan fingerprint density at radius 1 is 0.900 bits per heavy atom. The molecule has 4 rings (SSSR count). The zero-order chi connectivity index (χ0) is 20.8. The van der Waals surface area contributed by atoms with Crippen LogP contribution in [0.1, 0.15) is 24.0 Å². The minimum absolute atomic E-state index is 0.0112. The number of morpholine rings is 1. The summed E-state index contributed by atoms with van der Waals surface area (Å²) in [5.41, 5.74) is 5.39. The van der Waals surface area contributed by atoms with Crippen LogP contribution in [0.15, 0.2) is 75.6 Å². The topological polar surface area (TPSA) is 77.7 Å². The Kier molecular flexibility index (Phi) is 6.25. The first-order chi connectivity index (χ1) is 14.7. The van der Waals surface area contributed by atoms with E-state index >= 15 is 0 Å². The first-order valence-electron chi connectivity index (χ1n) is 10.1. The number of phenolic OH excluding ortho intramolecular Hbond substituents is 2. The Balaban J connectivity index is 1.59. The van der Waals surface area contributed by atoms with Gasteiger partial charge in [-0.1, -0.05) is 30.3 Å². The van der Waals surface area contributed by atoms with E-state index in [-0.39, 0.29) is 11.5 Å². The number of benzene rings is 2. The van der Waals surface area contributed by atoms with Gasteiger partial charge in [-0.25, -0.2) is 0 Å². The molecule has 2 N–H and O–H groups in total. The summed E-state index contributed by atoms with van der Waals surface area (Å²) in [5.74, 6) is -0.0201. The van der Waals surface area contributed by atoms with Gasteiger partial charge in [-0.2, -0.15) is 10.2 Å². The van der Waals surface area contributed by atoms with Gasteiger partial charge in [0.2, 0.25) is 0 Å². The maximum atomic E-state index is 9.85. The van der Waals surface area contributed by atoms with E-state index in [0.717, 1.165) is 44.7 Å². The van der Waals surface area contributed by atoms with Gasteiger partial charge in [0, 0.05) is 30.4 Å². The van der Waals surface area contributed by atoms with Crippen LogP contribution in [-0.2, 0) is 4.74 Å². The molecule has 1 saturated heterocycles. The van der Waals surface area contributed by atoms with E-state index in [1.807, 2.05) is 12.3 Å². The second kappa shape index (κ2) is 9.41. The van der Waals surface area contributed by atoms with Crippen molar-refractivity contribution in [1.82, 2.24) is 4.90 Å². The van der Waals surface area contributed by atoms with Gasteiger partial charge < -0.3 is 19.8 Å². The van der Waals surface area contributed by atoms with Gasteiger partial charge >= 0.3 is 0 Å². The maximum Gasteiger partial charge on any atom is 0.128 e. The van der Waals surface area contributed by atoms with Crippen molar-refractivity contribution in [3.8, 4) is 11.5 Å². The zero-order valence-corrected chi connectivity index (χ0v) is 16.7. The third-order valence-electron chi connectivity index (χ3n) is 5.23. The van der Waals surface area contributed by atoms with Crippen molar-refractivity contribution in [1.29, 1.82) is 0 Å². The normalized spacial score (nSPS) is 18.9. The third-order valence-corrected chi connectivity index (χ3v) is 5.23. The molecule has 0 saturated carbocycles. The lowest BCUT2D eigenvalue weighted by Gasteiger charge is -2.31. The average Bonchev–Trinajstić information content (AvgIpc) is 3.16. The van der Waals surface area contributed by atoms with Crippen molar-refractivity contribution >= 4 is 18.5 Å². The fraction of sp³-hybridized carbons (Fsp3) is 0.250. The van der Waals surface area contributed by atoms with Crippen LogP contribution < -0.4 is 0 Å². The number of aromatic hydroxyl groups is 2. The Bertz CT molecular complexity index is 1000. The van der Waals surface area contributed by atoms with Crippen LogP contribution in [0.4, 0.5) is 0 Å². The molecule has 1 aliphatic heterocycles. The lowest BCUT2D eigenvalue weighted by Crippen LogP contribution is -2.36. The first kappa shape index (κ1) is 19.9. The smallest absolute Gasteiger partial charge is 0.128 e. The fourth-order valence-electron chi connectivity index (χ4n) is 3.76. The van der Waals surface area contributed by atoms with Crippen molar-refractivity contribution in [3.63, 3.8) is 0 Å². The Hall–Kier alpha value is -3.38. The highest BCUT2D eigenvalue weighted by molar-refractivity contribution is 5.86. The maximum absolute atomic E-state index is 9.85. The molecule has 0 amide bonds.